The van der Waals surface area contributed by atoms with E-state index in [1.165, 1.54) is 36.4 Å². The van der Waals surface area contributed by atoms with Gasteiger partial charge in [-0.2, -0.15) is 0 Å². The first-order valence-electron chi connectivity index (χ1n) is 8.74. The molecule has 0 bridgehead atoms. The third kappa shape index (κ3) is 8.17. The smallest absolute Gasteiger partial charge is 0.482 e. The first kappa shape index (κ1) is 23.4. The van der Waals surface area contributed by atoms with E-state index in [1.54, 1.807) is 36.4 Å². The van der Waals surface area contributed by atoms with Crippen molar-refractivity contribution in [1.82, 2.24) is 0 Å². The summed E-state index contributed by atoms with van der Waals surface area (Å²) in [5.74, 6) is -1.34. The summed E-state index contributed by atoms with van der Waals surface area (Å²) in [7, 11) is 0. The number of nitrogens with one attached hydrogen (secondary N) is 1. The van der Waals surface area contributed by atoms with Crippen LogP contribution in [0.1, 0.15) is 5.56 Å². The van der Waals surface area contributed by atoms with E-state index in [-0.39, 0.29) is 11.6 Å². The van der Waals surface area contributed by atoms with Crippen molar-refractivity contribution >= 4 is 12.2 Å². The SMILES string of the molecule is N=Cc1cccc(-c2ccccc2OC(F)(F)F)c1.O=C(O)COc1ccc(F)cc1. The van der Waals surface area contributed by atoms with Crippen LogP contribution < -0.4 is 9.47 Å². The lowest BCUT2D eigenvalue weighted by atomic mass is 10.0. The normalized spacial score (nSPS) is 10.5. The number of para-hydroxylation sites is 1. The Balaban J connectivity index is 0.000000245. The number of hydrogen-bond acceptors (Lipinski definition) is 4. The van der Waals surface area contributed by atoms with Gasteiger partial charge in [0.05, 0.1) is 0 Å². The molecule has 5 nitrogen and oxygen atoms in total. The number of alkyl halides is 3. The molecule has 0 saturated heterocycles. The van der Waals surface area contributed by atoms with Crippen LogP contribution in [0, 0.1) is 11.2 Å². The number of aliphatic carboxylic acids is 1. The molecule has 0 aliphatic heterocycles. The molecule has 3 rings (SSSR count). The Hall–Kier alpha value is -3.88. The highest BCUT2D eigenvalue weighted by molar-refractivity contribution is 5.81. The summed E-state index contributed by atoms with van der Waals surface area (Å²) in [4.78, 5) is 10.0. The Morgan fingerprint density at radius 2 is 1.68 bits per heavy atom. The van der Waals surface area contributed by atoms with Crippen molar-refractivity contribution in [3.05, 3.63) is 84.2 Å². The average Bonchev–Trinajstić information content (AvgIpc) is 2.73. The molecule has 3 aromatic carbocycles. The summed E-state index contributed by atoms with van der Waals surface area (Å²) >= 11 is 0. The van der Waals surface area contributed by atoms with Gasteiger partial charge in [-0.25, -0.2) is 9.18 Å². The first-order valence-corrected chi connectivity index (χ1v) is 8.74. The van der Waals surface area contributed by atoms with E-state index >= 15 is 0 Å². The molecule has 31 heavy (non-hydrogen) atoms. The van der Waals surface area contributed by atoms with E-state index in [0.29, 0.717) is 22.4 Å². The molecule has 0 atom stereocenters. The number of carbonyl (C=O) groups is 1. The van der Waals surface area contributed by atoms with Crippen LogP contribution in [0.5, 0.6) is 11.5 Å². The maximum absolute atomic E-state index is 12.3. The van der Waals surface area contributed by atoms with Crippen LogP contribution in [-0.2, 0) is 4.79 Å². The Labute approximate surface area is 175 Å². The predicted octanol–water partition coefficient (Wildman–Crippen LogP) is 5.54. The molecule has 0 unspecified atom stereocenters. The molecule has 0 aromatic heterocycles. The number of carboxylic acids is 1. The zero-order valence-corrected chi connectivity index (χ0v) is 15.9. The van der Waals surface area contributed by atoms with Crippen LogP contribution in [0.3, 0.4) is 0 Å². The van der Waals surface area contributed by atoms with Gasteiger partial charge in [0.2, 0.25) is 0 Å². The molecular weight excluding hydrogens is 418 g/mol. The largest absolute Gasteiger partial charge is 0.573 e. The molecule has 9 heteroatoms. The maximum atomic E-state index is 12.3. The van der Waals surface area contributed by atoms with E-state index in [4.69, 9.17) is 15.3 Å². The minimum absolute atomic E-state index is 0.253. The molecule has 0 aliphatic carbocycles. The van der Waals surface area contributed by atoms with Crippen molar-refractivity contribution in [2.45, 2.75) is 6.36 Å². The molecule has 162 valence electrons. The van der Waals surface area contributed by atoms with E-state index in [2.05, 4.69) is 4.74 Å². The molecule has 2 N–H and O–H groups in total. The second-order valence-corrected chi connectivity index (χ2v) is 5.95. The average molecular weight is 435 g/mol. The number of ether oxygens (including phenoxy) is 2. The quantitative estimate of drug-likeness (QED) is 0.394. The number of carboxylic acid groups (broad SMARTS) is 1. The van der Waals surface area contributed by atoms with Crippen LogP contribution in [0.4, 0.5) is 17.6 Å². The first-order chi connectivity index (χ1) is 14.7. The van der Waals surface area contributed by atoms with Crippen molar-refractivity contribution in [3.8, 4) is 22.6 Å². The molecule has 3 aromatic rings. The van der Waals surface area contributed by atoms with E-state index in [9.17, 15) is 22.4 Å². The van der Waals surface area contributed by atoms with Crippen LogP contribution >= 0.6 is 0 Å². The summed E-state index contributed by atoms with van der Waals surface area (Å²) in [5, 5.41) is 15.4. The van der Waals surface area contributed by atoms with Crippen LogP contribution in [0.15, 0.2) is 72.8 Å². The van der Waals surface area contributed by atoms with E-state index in [1.807, 2.05) is 0 Å². The fourth-order valence-corrected chi connectivity index (χ4v) is 2.39. The fraction of sp³-hybridized carbons (Fsp3) is 0.0909. The van der Waals surface area contributed by atoms with Crippen molar-refractivity contribution in [2.24, 2.45) is 0 Å². The van der Waals surface area contributed by atoms with Crippen LogP contribution in [0.25, 0.3) is 11.1 Å². The topological polar surface area (TPSA) is 79.6 Å². The van der Waals surface area contributed by atoms with Gasteiger partial charge in [0, 0.05) is 11.8 Å². The lowest BCUT2D eigenvalue weighted by Crippen LogP contribution is -2.17. The van der Waals surface area contributed by atoms with Gasteiger partial charge in [0.25, 0.3) is 0 Å². The Bertz CT molecular complexity index is 1020. The molecule has 0 radical (unpaired) electrons. The predicted molar refractivity (Wildman–Crippen MR) is 106 cm³/mol. The minimum atomic E-state index is -4.73. The molecule has 0 heterocycles. The third-order valence-electron chi connectivity index (χ3n) is 3.65. The molecule has 0 spiro atoms. The zero-order valence-electron chi connectivity index (χ0n) is 15.9. The monoisotopic (exact) mass is 435 g/mol. The second kappa shape index (κ2) is 10.8. The molecule has 0 fully saturated rings. The van der Waals surface area contributed by atoms with Crippen molar-refractivity contribution in [3.63, 3.8) is 0 Å². The fourth-order valence-electron chi connectivity index (χ4n) is 2.39. The van der Waals surface area contributed by atoms with Crippen molar-refractivity contribution in [1.29, 1.82) is 5.41 Å². The molecular formula is C22H17F4NO4. The van der Waals surface area contributed by atoms with Crippen molar-refractivity contribution < 1.29 is 36.9 Å². The Morgan fingerprint density at radius 3 is 2.29 bits per heavy atom. The van der Waals surface area contributed by atoms with Gasteiger partial charge in [-0.1, -0.05) is 36.4 Å². The highest BCUT2D eigenvalue weighted by Gasteiger charge is 2.32. The van der Waals surface area contributed by atoms with Gasteiger partial charge < -0.3 is 20.0 Å². The third-order valence-corrected chi connectivity index (χ3v) is 3.65. The lowest BCUT2D eigenvalue weighted by Gasteiger charge is -2.13. The Morgan fingerprint density at radius 1 is 1.00 bits per heavy atom. The minimum Gasteiger partial charge on any atom is -0.482 e. The van der Waals surface area contributed by atoms with Gasteiger partial charge in [0.1, 0.15) is 17.3 Å². The molecule has 0 saturated carbocycles. The summed E-state index contributed by atoms with van der Waals surface area (Å²) in [5.41, 5.74) is 1.52. The number of rotatable bonds is 6. The highest BCUT2D eigenvalue weighted by Crippen LogP contribution is 2.33. The van der Waals surface area contributed by atoms with Gasteiger partial charge in [-0.3, -0.25) is 0 Å². The van der Waals surface area contributed by atoms with Gasteiger partial charge >= 0.3 is 12.3 Å². The van der Waals surface area contributed by atoms with Crippen LogP contribution in [-0.4, -0.2) is 30.3 Å². The summed E-state index contributed by atoms with van der Waals surface area (Å²) < 4.78 is 58.0. The molecule has 0 amide bonds. The van der Waals surface area contributed by atoms with E-state index < -0.39 is 18.9 Å². The summed E-state index contributed by atoms with van der Waals surface area (Å²) in [6, 6.07) is 17.8. The Kier molecular flexibility index (Phi) is 8.13. The van der Waals surface area contributed by atoms with Crippen molar-refractivity contribution in [2.75, 3.05) is 6.61 Å². The highest BCUT2D eigenvalue weighted by atomic mass is 19.4. The zero-order chi connectivity index (χ0) is 22.9. The summed E-state index contributed by atoms with van der Waals surface area (Å²) in [6.07, 6.45) is -3.59. The molecule has 0 aliphatic rings. The number of halogens is 4. The van der Waals surface area contributed by atoms with E-state index in [0.717, 1.165) is 6.21 Å². The van der Waals surface area contributed by atoms with Gasteiger partial charge in [-0.15, -0.1) is 13.2 Å². The lowest BCUT2D eigenvalue weighted by molar-refractivity contribution is -0.274. The number of hydrogen-bond donors (Lipinski definition) is 2. The summed E-state index contributed by atoms with van der Waals surface area (Å²) in [6.45, 7) is -0.411. The second-order valence-electron chi connectivity index (χ2n) is 5.95. The van der Waals surface area contributed by atoms with Gasteiger partial charge in [0.15, 0.2) is 6.61 Å². The number of benzene rings is 3. The standard InChI is InChI=1S/C14H10F3NO.C8H7FO3/c15-14(16,17)19-13-7-2-1-6-12(13)11-5-3-4-10(8-11)9-18;9-6-1-3-7(4-2-6)12-5-8(10)11/h1-9,18H;1-4H,5H2,(H,10,11). The van der Waals surface area contributed by atoms with Gasteiger partial charge in [-0.05, 0) is 47.5 Å². The maximum Gasteiger partial charge on any atom is 0.573 e. The van der Waals surface area contributed by atoms with Crippen LogP contribution in [0.2, 0.25) is 0 Å².